The van der Waals surface area contributed by atoms with Crippen molar-refractivity contribution in [1.29, 1.82) is 0 Å². The van der Waals surface area contributed by atoms with Crippen LogP contribution in [0.5, 0.6) is 5.75 Å². The average Bonchev–Trinajstić information content (AvgIpc) is 2.73. The van der Waals surface area contributed by atoms with E-state index in [-0.39, 0.29) is 5.56 Å². The fraction of sp³-hybridized carbons (Fsp3) is 0.208. The molecule has 0 saturated heterocycles. The largest absolute Gasteiger partial charge is 0.423 e. The molecule has 0 radical (unpaired) electrons. The van der Waals surface area contributed by atoms with Crippen LogP contribution in [0.2, 0.25) is 0 Å². The number of unbranched alkanes of at least 4 members (excludes halogenated alkanes) is 2. The molecule has 3 aromatic carbocycles. The van der Waals surface area contributed by atoms with E-state index in [4.69, 9.17) is 4.74 Å². The minimum atomic E-state index is -1.61. The Morgan fingerprint density at radius 1 is 0.828 bits per heavy atom. The third kappa shape index (κ3) is 5.25. The molecule has 0 aliphatic rings. The topological polar surface area (TPSA) is 26.3 Å². The van der Waals surface area contributed by atoms with Gasteiger partial charge in [-0.1, -0.05) is 56.2 Å². The van der Waals surface area contributed by atoms with Crippen LogP contribution >= 0.6 is 0 Å². The number of hydrogen-bond acceptors (Lipinski definition) is 2. The SMILES string of the molecule is CCCCCc1ccc(-c2ccc(C(=O)Oc3cc(F)c(F)c(F)c3)cc2)cc1. The van der Waals surface area contributed by atoms with Crippen LogP contribution in [0.1, 0.15) is 42.1 Å². The smallest absolute Gasteiger partial charge is 0.343 e. The van der Waals surface area contributed by atoms with Crippen molar-refractivity contribution in [1.82, 2.24) is 0 Å². The molecule has 0 unspecified atom stereocenters. The highest BCUT2D eigenvalue weighted by atomic mass is 19.2. The molecule has 0 saturated carbocycles. The number of aryl methyl sites for hydroxylation is 1. The summed E-state index contributed by atoms with van der Waals surface area (Å²) in [4.78, 5) is 12.2. The van der Waals surface area contributed by atoms with Crippen LogP contribution in [0.4, 0.5) is 13.2 Å². The average molecular weight is 398 g/mol. The normalized spacial score (nSPS) is 10.8. The Hall–Kier alpha value is -3.08. The minimum absolute atomic E-state index is 0.218. The van der Waals surface area contributed by atoms with Gasteiger partial charge < -0.3 is 4.74 Å². The fourth-order valence-electron chi connectivity index (χ4n) is 3.00. The third-order valence-corrected chi connectivity index (χ3v) is 4.64. The van der Waals surface area contributed by atoms with Gasteiger partial charge in [-0.25, -0.2) is 18.0 Å². The number of halogens is 3. The van der Waals surface area contributed by atoms with E-state index in [9.17, 15) is 18.0 Å². The van der Waals surface area contributed by atoms with Crippen molar-refractivity contribution in [2.45, 2.75) is 32.6 Å². The van der Waals surface area contributed by atoms with Gasteiger partial charge in [0, 0.05) is 12.1 Å². The quantitative estimate of drug-likeness (QED) is 0.191. The molecule has 29 heavy (non-hydrogen) atoms. The summed E-state index contributed by atoms with van der Waals surface area (Å²) in [6.07, 6.45) is 4.65. The fourth-order valence-corrected chi connectivity index (χ4v) is 3.00. The molecule has 0 aliphatic carbocycles. The molecule has 5 heteroatoms. The lowest BCUT2D eigenvalue weighted by Gasteiger charge is -2.07. The Morgan fingerprint density at radius 3 is 1.93 bits per heavy atom. The van der Waals surface area contributed by atoms with Gasteiger partial charge in [0.1, 0.15) is 5.75 Å². The summed E-state index contributed by atoms with van der Waals surface area (Å²) < 4.78 is 44.4. The van der Waals surface area contributed by atoms with Gasteiger partial charge in [-0.2, -0.15) is 0 Å². The van der Waals surface area contributed by atoms with Crippen LogP contribution < -0.4 is 4.74 Å². The standard InChI is InChI=1S/C24H21F3O2/c1-2-3-4-5-16-6-8-17(9-7-16)18-10-12-19(13-11-18)24(28)29-20-14-21(25)23(27)22(26)15-20/h6-15H,2-5H2,1H3. The van der Waals surface area contributed by atoms with Crippen molar-refractivity contribution in [3.05, 3.63) is 89.2 Å². The van der Waals surface area contributed by atoms with Crippen molar-refractivity contribution >= 4 is 5.97 Å². The molecule has 3 aromatic rings. The van der Waals surface area contributed by atoms with Gasteiger partial charge >= 0.3 is 5.97 Å². The predicted octanol–water partition coefficient (Wildman–Crippen LogP) is 6.72. The van der Waals surface area contributed by atoms with Crippen LogP contribution in [0.3, 0.4) is 0 Å². The maximum absolute atomic E-state index is 13.2. The highest BCUT2D eigenvalue weighted by Crippen LogP contribution is 2.23. The molecule has 0 atom stereocenters. The Kier molecular flexibility index (Phi) is 6.70. The summed E-state index contributed by atoms with van der Waals surface area (Å²) in [5.74, 6) is -5.62. The van der Waals surface area contributed by atoms with Crippen LogP contribution in [0.15, 0.2) is 60.7 Å². The van der Waals surface area contributed by atoms with Crippen LogP contribution in [0.25, 0.3) is 11.1 Å². The first kappa shape index (κ1) is 20.6. The molecule has 0 N–H and O–H groups in total. The molecule has 0 spiro atoms. The first-order valence-corrected chi connectivity index (χ1v) is 9.54. The van der Waals surface area contributed by atoms with Crippen molar-refractivity contribution in [3.8, 4) is 16.9 Å². The second-order valence-electron chi connectivity index (χ2n) is 6.82. The predicted molar refractivity (Wildman–Crippen MR) is 106 cm³/mol. The van der Waals surface area contributed by atoms with Gasteiger partial charge in [-0.05, 0) is 41.7 Å². The second kappa shape index (κ2) is 9.41. The zero-order valence-electron chi connectivity index (χ0n) is 16.1. The number of benzene rings is 3. The lowest BCUT2D eigenvalue weighted by molar-refractivity contribution is 0.0733. The molecular formula is C24H21F3O2. The molecule has 0 bridgehead atoms. The molecule has 0 fully saturated rings. The van der Waals surface area contributed by atoms with Crippen LogP contribution in [0, 0.1) is 17.5 Å². The van der Waals surface area contributed by atoms with Crippen LogP contribution in [-0.2, 0) is 6.42 Å². The monoisotopic (exact) mass is 398 g/mol. The summed E-state index contributed by atoms with van der Waals surface area (Å²) in [6, 6.07) is 16.2. The first-order valence-electron chi connectivity index (χ1n) is 9.54. The van der Waals surface area contributed by atoms with Gasteiger partial charge in [-0.15, -0.1) is 0 Å². The van der Waals surface area contributed by atoms with Gasteiger partial charge in [0.15, 0.2) is 17.5 Å². The summed E-state index contributed by atoms with van der Waals surface area (Å²) >= 11 is 0. The molecule has 3 rings (SSSR count). The maximum atomic E-state index is 13.2. The Bertz CT molecular complexity index is 957. The summed E-state index contributed by atoms with van der Waals surface area (Å²) in [6.45, 7) is 2.18. The van der Waals surface area contributed by atoms with E-state index in [2.05, 4.69) is 19.1 Å². The number of hydrogen-bond donors (Lipinski definition) is 0. The number of carbonyl (C=O) groups is 1. The highest BCUT2D eigenvalue weighted by molar-refractivity contribution is 5.91. The molecule has 0 heterocycles. The van der Waals surface area contributed by atoms with Gasteiger partial charge in [0.25, 0.3) is 0 Å². The Labute approximate surface area is 168 Å². The highest BCUT2D eigenvalue weighted by Gasteiger charge is 2.15. The van der Waals surface area contributed by atoms with Gasteiger partial charge in [0.05, 0.1) is 5.56 Å². The number of ether oxygens (including phenoxy) is 1. The van der Waals surface area contributed by atoms with Crippen molar-refractivity contribution in [2.24, 2.45) is 0 Å². The van der Waals surface area contributed by atoms with E-state index in [0.717, 1.165) is 17.5 Å². The van der Waals surface area contributed by atoms with E-state index in [0.29, 0.717) is 12.1 Å². The zero-order chi connectivity index (χ0) is 20.8. The lowest BCUT2D eigenvalue weighted by atomic mass is 10.0. The van der Waals surface area contributed by atoms with Crippen molar-refractivity contribution < 1.29 is 22.7 Å². The van der Waals surface area contributed by atoms with Crippen molar-refractivity contribution in [2.75, 3.05) is 0 Å². The van der Waals surface area contributed by atoms with E-state index in [1.54, 1.807) is 24.3 Å². The van der Waals surface area contributed by atoms with E-state index < -0.39 is 29.2 Å². The summed E-state index contributed by atoms with van der Waals surface area (Å²) in [5, 5.41) is 0. The molecule has 0 aliphatic heterocycles. The maximum Gasteiger partial charge on any atom is 0.343 e. The number of rotatable bonds is 7. The molecule has 150 valence electrons. The Morgan fingerprint density at radius 2 is 1.38 bits per heavy atom. The number of esters is 1. The van der Waals surface area contributed by atoms with Crippen molar-refractivity contribution in [3.63, 3.8) is 0 Å². The van der Waals surface area contributed by atoms with E-state index >= 15 is 0 Å². The van der Waals surface area contributed by atoms with Gasteiger partial charge in [0.2, 0.25) is 0 Å². The molecule has 0 amide bonds. The van der Waals surface area contributed by atoms with E-state index in [1.165, 1.54) is 24.8 Å². The third-order valence-electron chi connectivity index (χ3n) is 4.64. The number of carbonyl (C=O) groups excluding carboxylic acids is 1. The molecule has 0 aromatic heterocycles. The molecular weight excluding hydrogens is 377 g/mol. The Balaban J connectivity index is 1.67. The summed E-state index contributed by atoms with van der Waals surface area (Å²) in [5.41, 5.74) is 3.46. The zero-order valence-corrected chi connectivity index (χ0v) is 16.1. The summed E-state index contributed by atoms with van der Waals surface area (Å²) in [7, 11) is 0. The second-order valence-corrected chi connectivity index (χ2v) is 6.82. The van der Waals surface area contributed by atoms with Gasteiger partial charge in [-0.3, -0.25) is 0 Å². The minimum Gasteiger partial charge on any atom is -0.423 e. The first-order chi connectivity index (χ1) is 14.0. The molecule has 2 nitrogen and oxygen atoms in total. The van der Waals surface area contributed by atoms with Crippen LogP contribution in [-0.4, -0.2) is 5.97 Å². The van der Waals surface area contributed by atoms with E-state index in [1.807, 2.05) is 12.1 Å². The lowest BCUT2D eigenvalue weighted by Crippen LogP contribution is -2.09.